The van der Waals surface area contributed by atoms with Gasteiger partial charge in [-0.15, -0.1) is 11.3 Å². The Kier molecular flexibility index (Phi) is 3.67. The molecular formula is C10H8Br2N2OS. The number of amides is 1. The number of carbonyl (C=O) groups is 1. The molecule has 0 bridgehead atoms. The van der Waals surface area contributed by atoms with Crippen LogP contribution in [0.15, 0.2) is 13.6 Å². The second-order valence-corrected chi connectivity index (χ2v) is 7.27. The lowest BCUT2D eigenvalue weighted by Gasteiger charge is -2.18. The van der Waals surface area contributed by atoms with E-state index in [0.717, 1.165) is 20.4 Å². The Morgan fingerprint density at radius 1 is 1.62 bits per heavy atom. The van der Waals surface area contributed by atoms with Crippen molar-refractivity contribution < 1.29 is 4.79 Å². The van der Waals surface area contributed by atoms with Crippen molar-refractivity contribution in [3.05, 3.63) is 19.2 Å². The third-order valence-electron chi connectivity index (χ3n) is 2.55. The largest absolute Gasteiger partial charge is 0.323 e. The van der Waals surface area contributed by atoms with Crippen molar-refractivity contribution in [2.75, 3.05) is 6.54 Å². The molecule has 1 aromatic heterocycles. The van der Waals surface area contributed by atoms with Gasteiger partial charge >= 0.3 is 0 Å². The fraction of sp³-hybridized carbons (Fsp3) is 0.400. The molecule has 0 spiro atoms. The van der Waals surface area contributed by atoms with Gasteiger partial charge in [-0.3, -0.25) is 4.79 Å². The fourth-order valence-electron chi connectivity index (χ4n) is 1.78. The zero-order chi connectivity index (χ0) is 11.7. The molecule has 1 aliphatic rings. The summed E-state index contributed by atoms with van der Waals surface area (Å²) in [5.74, 6) is -0.0575. The summed E-state index contributed by atoms with van der Waals surface area (Å²) < 4.78 is 1.73. The quantitative estimate of drug-likeness (QED) is 0.767. The lowest BCUT2D eigenvalue weighted by molar-refractivity contribution is 0.0764. The minimum atomic E-state index is -0.266. The van der Waals surface area contributed by atoms with Crippen LogP contribution in [0.1, 0.15) is 23.2 Å². The monoisotopic (exact) mass is 362 g/mol. The van der Waals surface area contributed by atoms with E-state index in [1.807, 2.05) is 0 Å². The van der Waals surface area contributed by atoms with E-state index in [2.05, 4.69) is 37.9 Å². The Balaban J connectivity index is 2.26. The molecule has 84 valence electrons. The van der Waals surface area contributed by atoms with Gasteiger partial charge in [-0.2, -0.15) is 5.26 Å². The van der Waals surface area contributed by atoms with Crippen molar-refractivity contribution in [1.82, 2.24) is 4.90 Å². The lowest BCUT2D eigenvalue weighted by Crippen LogP contribution is -2.34. The summed E-state index contributed by atoms with van der Waals surface area (Å²) in [7, 11) is 0. The number of nitriles is 1. The summed E-state index contributed by atoms with van der Waals surface area (Å²) in [6.07, 6.45) is 1.69. The highest BCUT2D eigenvalue weighted by molar-refractivity contribution is 9.12. The average Bonchev–Trinajstić information content (AvgIpc) is 2.83. The molecule has 0 radical (unpaired) electrons. The Morgan fingerprint density at radius 2 is 2.38 bits per heavy atom. The number of carbonyl (C=O) groups excluding carboxylic acids is 1. The highest BCUT2D eigenvalue weighted by Crippen LogP contribution is 2.33. The van der Waals surface area contributed by atoms with E-state index >= 15 is 0 Å². The van der Waals surface area contributed by atoms with Gasteiger partial charge in [0, 0.05) is 6.54 Å². The van der Waals surface area contributed by atoms with Crippen molar-refractivity contribution in [1.29, 1.82) is 5.26 Å². The van der Waals surface area contributed by atoms with Crippen LogP contribution in [0, 0.1) is 11.3 Å². The topological polar surface area (TPSA) is 44.1 Å². The van der Waals surface area contributed by atoms with Gasteiger partial charge in [0.25, 0.3) is 5.91 Å². The third-order valence-corrected chi connectivity index (χ3v) is 4.89. The Morgan fingerprint density at radius 3 is 2.94 bits per heavy atom. The maximum atomic E-state index is 12.2. The Hall–Kier alpha value is -0.380. The Labute approximate surface area is 114 Å². The number of hydrogen-bond acceptors (Lipinski definition) is 3. The van der Waals surface area contributed by atoms with Gasteiger partial charge in [-0.25, -0.2) is 0 Å². The van der Waals surface area contributed by atoms with Crippen LogP contribution in [0.2, 0.25) is 0 Å². The highest BCUT2D eigenvalue weighted by Gasteiger charge is 2.30. The van der Waals surface area contributed by atoms with E-state index in [1.54, 1.807) is 11.0 Å². The molecule has 1 saturated heterocycles. The van der Waals surface area contributed by atoms with Gasteiger partial charge in [0.15, 0.2) is 0 Å². The van der Waals surface area contributed by atoms with Crippen LogP contribution >= 0.6 is 43.2 Å². The first-order valence-corrected chi connectivity index (χ1v) is 7.19. The van der Waals surface area contributed by atoms with Gasteiger partial charge in [0.1, 0.15) is 6.04 Å². The van der Waals surface area contributed by atoms with Crippen LogP contribution in [0.4, 0.5) is 0 Å². The normalized spacial score (nSPS) is 19.8. The van der Waals surface area contributed by atoms with Crippen molar-refractivity contribution in [2.24, 2.45) is 0 Å². The fourth-order valence-corrected chi connectivity index (χ4v) is 4.56. The van der Waals surface area contributed by atoms with Crippen molar-refractivity contribution in [3.63, 3.8) is 0 Å². The summed E-state index contributed by atoms with van der Waals surface area (Å²) in [6, 6.07) is 3.70. The Bertz CT molecular complexity index is 466. The van der Waals surface area contributed by atoms with E-state index in [4.69, 9.17) is 5.26 Å². The average molecular weight is 364 g/mol. The third kappa shape index (κ3) is 2.17. The summed E-state index contributed by atoms with van der Waals surface area (Å²) in [5, 5.41) is 8.94. The van der Waals surface area contributed by atoms with E-state index in [0.29, 0.717) is 12.1 Å². The molecule has 1 atom stereocenters. The first-order valence-electron chi connectivity index (χ1n) is 4.79. The predicted molar refractivity (Wildman–Crippen MR) is 69.4 cm³/mol. The number of thiophene rings is 1. The zero-order valence-electron chi connectivity index (χ0n) is 8.24. The minimum absolute atomic E-state index is 0.0575. The first kappa shape index (κ1) is 12.1. The molecule has 0 N–H and O–H groups in total. The summed E-state index contributed by atoms with van der Waals surface area (Å²) >= 11 is 8.18. The standard InChI is InChI=1S/C10H8Br2N2OS/c11-8-4-7(9(12)16-8)10(15)14-3-1-2-6(14)5-13/h4,6H,1-3H2. The van der Waals surface area contributed by atoms with Crippen molar-refractivity contribution >= 4 is 49.1 Å². The molecule has 1 aliphatic heterocycles. The lowest BCUT2D eigenvalue weighted by atomic mass is 10.2. The maximum absolute atomic E-state index is 12.2. The summed E-state index contributed by atoms with van der Waals surface area (Å²) in [6.45, 7) is 0.678. The van der Waals surface area contributed by atoms with Gasteiger partial charge in [-0.05, 0) is 50.8 Å². The van der Waals surface area contributed by atoms with Gasteiger partial charge in [-0.1, -0.05) is 0 Å². The number of halogens is 2. The number of rotatable bonds is 1. The molecule has 3 nitrogen and oxygen atoms in total. The second kappa shape index (κ2) is 4.86. The molecule has 0 aliphatic carbocycles. The highest BCUT2D eigenvalue weighted by atomic mass is 79.9. The molecule has 6 heteroatoms. The molecule has 16 heavy (non-hydrogen) atoms. The second-order valence-electron chi connectivity index (χ2n) is 3.52. The molecule has 1 unspecified atom stereocenters. The van der Waals surface area contributed by atoms with Crippen LogP contribution in [-0.2, 0) is 0 Å². The molecule has 1 fully saturated rings. The number of nitrogens with zero attached hydrogens (tertiary/aromatic N) is 2. The van der Waals surface area contributed by atoms with E-state index < -0.39 is 0 Å². The van der Waals surface area contributed by atoms with Crippen LogP contribution in [0.5, 0.6) is 0 Å². The molecule has 0 saturated carbocycles. The SMILES string of the molecule is N#CC1CCCN1C(=O)c1cc(Br)sc1Br. The predicted octanol–water partition coefficient (Wildman–Crippen LogP) is 3.40. The van der Waals surface area contributed by atoms with E-state index in [1.165, 1.54) is 11.3 Å². The molecule has 1 amide bonds. The van der Waals surface area contributed by atoms with Gasteiger partial charge in [0.05, 0.1) is 19.2 Å². The van der Waals surface area contributed by atoms with Gasteiger partial charge < -0.3 is 4.90 Å². The zero-order valence-corrected chi connectivity index (χ0v) is 12.2. The minimum Gasteiger partial charge on any atom is -0.323 e. The molecule has 0 aromatic carbocycles. The van der Waals surface area contributed by atoms with Crippen molar-refractivity contribution in [3.8, 4) is 6.07 Å². The van der Waals surface area contributed by atoms with Crippen LogP contribution in [0.3, 0.4) is 0 Å². The van der Waals surface area contributed by atoms with Crippen LogP contribution in [0.25, 0.3) is 0 Å². The first-order chi connectivity index (χ1) is 7.63. The van der Waals surface area contributed by atoms with E-state index in [-0.39, 0.29) is 11.9 Å². The maximum Gasteiger partial charge on any atom is 0.256 e. The molecular weight excluding hydrogens is 356 g/mol. The van der Waals surface area contributed by atoms with E-state index in [9.17, 15) is 4.79 Å². The molecule has 2 rings (SSSR count). The smallest absolute Gasteiger partial charge is 0.256 e. The van der Waals surface area contributed by atoms with Crippen molar-refractivity contribution in [2.45, 2.75) is 18.9 Å². The van der Waals surface area contributed by atoms with Crippen LogP contribution < -0.4 is 0 Å². The summed E-state index contributed by atoms with van der Waals surface area (Å²) in [4.78, 5) is 13.8. The molecule has 1 aromatic rings. The number of likely N-dealkylation sites (tertiary alicyclic amines) is 1. The molecule has 2 heterocycles. The summed E-state index contributed by atoms with van der Waals surface area (Å²) in [5.41, 5.74) is 0.638. The number of hydrogen-bond donors (Lipinski definition) is 0. The van der Waals surface area contributed by atoms with Gasteiger partial charge in [0.2, 0.25) is 0 Å². The van der Waals surface area contributed by atoms with Crippen LogP contribution in [-0.4, -0.2) is 23.4 Å².